The minimum Gasteiger partial charge on any atom is -0.468 e. The third-order valence-corrected chi connectivity index (χ3v) is 2.05. The summed E-state index contributed by atoms with van der Waals surface area (Å²) in [4.78, 5) is 10.9. The molecule has 0 aliphatic heterocycles. The maximum absolute atomic E-state index is 10.9. The summed E-state index contributed by atoms with van der Waals surface area (Å²) < 4.78 is 5.22. The van der Waals surface area contributed by atoms with Crippen LogP contribution >= 0.6 is 0 Å². The lowest BCUT2D eigenvalue weighted by molar-refractivity contribution is -0.120. The van der Waals surface area contributed by atoms with Crippen LogP contribution < -0.4 is 10.6 Å². The first-order valence-corrected chi connectivity index (χ1v) is 4.71. The Morgan fingerprint density at radius 1 is 1.64 bits per heavy atom. The normalized spacial score (nSPS) is 12.4. The standard InChI is InChI=1S/C10H16N2O2/c1-8(9-4-3-7-14-9)12-6-5-10(13)11-2/h3-4,7-8,12H,5-6H2,1-2H3,(H,11,13)/t8-/m1/s1. The zero-order valence-corrected chi connectivity index (χ0v) is 8.54. The molecule has 1 aromatic rings. The van der Waals surface area contributed by atoms with Crippen LogP contribution in [0.3, 0.4) is 0 Å². The summed E-state index contributed by atoms with van der Waals surface area (Å²) in [7, 11) is 1.64. The average Bonchev–Trinajstić information content (AvgIpc) is 2.70. The molecule has 0 spiro atoms. The summed E-state index contributed by atoms with van der Waals surface area (Å²) in [6.45, 7) is 2.66. The SMILES string of the molecule is CNC(=O)CCN[C@H](C)c1ccco1. The molecule has 4 heteroatoms. The predicted molar refractivity (Wildman–Crippen MR) is 53.8 cm³/mol. The van der Waals surface area contributed by atoms with E-state index in [2.05, 4.69) is 10.6 Å². The highest BCUT2D eigenvalue weighted by Crippen LogP contribution is 2.11. The number of hydrogen-bond donors (Lipinski definition) is 2. The average molecular weight is 196 g/mol. The van der Waals surface area contributed by atoms with E-state index < -0.39 is 0 Å². The second kappa shape index (κ2) is 5.44. The van der Waals surface area contributed by atoms with Gasteiger partial charge in [0.1, 0.15) is 5.76 Å². The van der Waals surface area contributed by atoms with Gasteiger partial charge < -0.3 is 15.1 Å². The number of carbonyl (C=O) groups excluding carboxylic acids is 1. The first-order chi connectivity index (χ1) is 6.74. The highest BCUT2D eigenvalue weighted by atomic mass is 16.3. The van der Waals surface area contributed by atoms with E-state index in [1.165, 1.54) is 0 Å². The molecule has 2 N–H and O–H groups in total. The summed E-state index contributed by atoms with van der Waals surface area (Å²) in [5.74, 6) is 0.936. The van der Waals surface area contributed by atoms with Crippen LogP contribution in [0.25, 0.3) is 0 Å². The molecule has 0 bridgehead atoms. The van der Waals surface area contributed by atoms with Crippen LogP contribution in [0.2, 0.25) is 0 Å². The number of hydrogen-bond acceptors (Lipinski definition) is 3. The zero-order chi connectivity index (χ0) is 10.4. The van der Waals surface area contributed by atoms with Gasteiger partial charge in [-0.1, -0.05) is 0 Å². The lowest BCUT2D eigenvalue weighted by Gasteiger charge is -2.10. The van der Waals surface area contributed by atoms with Crippen molar-refractivity contribution >= 4 is 5.91 Å². The van der Waals surface area contributed by atoms with Crippen LogP contribution in [0.1, 0.15) is 25.1 Å². The van der Waals surface area contributed by atoms with E-state index in [4.69, 9.17) is 4.42 Å². The van der Waals surface area contributed by atoms with E-state index in [-0.39, 0.29) is 11.9 Å². The van der Waals surface area contributed by atoms with Crippen molar-refractivity contribution in [2.24, 2.45) is 0 Å². The topological polar surface area (TPSA) is 54.3 Å². The van der Waals surface area contributed by atoms with Crippen LogP contribution in [0.5, 0.6) is 0 Å². The molecule has 78 valence electrons. The first kappa shape index (κ1) is 10.8. The van der Waals surface area contributed by atoms with Gasteiger partial charge in [0, 0.05) is 20.0 Å². The fourth-order valence-corrected chi connectivity index (χ4v) is 1.17. The van der Waals surface area contributed by atoms with Gasteiger partial charge in [-0.15, -0.1) is 0 Å². The summed E-state index contributed by atoms with van der Waals surface area (Å²) in [5.41, 5.74) is 0. The van der Waals surface area contributed by atoms with E-state index in [0.717, 1.165) is 5.76 Å². The van der Waals surface area contributed by atoms with E-state index in [1.54, 1.807) is 13.3 Å². The van der Waals surface area contributed by atoms with Crippen LogP contribution in [0, 0.1) is 0 Å². The fraction of sp³-hybridized carbons (Fsp3) is 0.500. The Morgan fingerprint density at radius 3 is 3.00 bits per heavy atom. The minimum atomic E-state index is 0.0455. The van der Waals surface area contributed by atoms with Gasteiger partial charge in [-0.05, 0) is 19.1 Å². The number of nitrogens with one attached hydrogen (secondary N) is 2. The van der Waals surface area contributed by atoms with Gasteiger partial charge in [0.05, 0.1) is 12.3 Å². The van der Waals surface area contributed by atoms with Crippen molar-refractivity contribution in [3.8, 4) is 0 Å². The molecule has 1 aromatic heterocycles. The molecule has 0 aliphatic rings. The highest BCUT2D eigenvalue weighted by molar-refractivity contribution is 5.75. The zero-order valence-electron chi connectivity index (χ0n) is 8.54. The van der Waals surface area contributed by atoms with Gasteiger partial charge in [0.15, 0.2) is 0 Å². The maximum Gasteiger partial charge on any atom is 0.221 e. The van der Waals surface area contributed by atoms with Gasteiger partial charge in [-0.25, -0.2) is 0 Å². The molecule has 0 aliphatic carbocycles. The molecule has 0 saturated carbocycles. The third-order valence-electron chi connectivity index (χ3n) is 2.05. The van der Waals surface area contributed by atoms with Crippen LogP contribution in [0.4, 0.5) is 0 Å². The van der Waals surface area contributed by atoms with Crippen molar-refractivity contribution in [3.05, 3.63) is 24.2 Å². The second-order valence-electron chi connectivity index (χ2n) is 3.11. The summed E-state index contributed by atoms with van der Waals surface area (Å²) in [6, 6.07) is 3.92. The molecular formula is C10H16N2O2. The third kappa shape index (κ3) is 3.22. The number of furan rings is 1. The molecule has 1 heterocycles. The molecule has 14 heavy (non-hydrogen) atoms. The highest BCUT2D eigenvalue weighted by Gasteiger charge is 2.07. The number of carbonyl (C=O) groups is 1. The van der Waals surface area contributed by atoms with Crippen molar-refractivity contribution in [2.75, 3.05) is 13.6 Å². The van der Waals surface area contributed by atoms with E-state index in [9.17, 15) is 4.79 Å². The van der Waals surface area contributed by atoms with Crippen molar-refractivity contribution < 1.29 is 9.21 Å². The molecule has 0 aromatic carbocycles. The van der Waals surface area contributed by atoms with Crippen molar-refractivity contribution in [1.29, 1.82) is 0 Å². The molecule has 0 fully saturated rings. The molecule has 4 nitrogen and oxygen atoms in total. The first-order valence-electron chi connectivity index (χ1n) is 4.71. The molecule has 1 rings (SSSR count). The summed E-state index contributed by atoms with van der Waals surface area (Å²) in [6.07, 6.45) is 2.13. The molecule has 0 unspecified atom stereocenters. The van der Waals surface area contributed by atoms with Gasteiger partial charge in [0.25, 0.3) is 0 Å². The Morgan fingerprint density at radius 2 is 2.43 bits per heavy atom. The Bertz CT molecular complexity index is 270. The molecule has 1 amide bonds. The van der Waals surface area contributed by atoms with Crippen LogP contribution in [0.15, 0.2) is 22.8 Å². The predicted octanol–water partition coefficient (Wildman–Crippen LogP) is 1.07. The lowest BCUT2D eigenvalue weighted by Crippen LogP contribution is -2.26. The molecule has 0 saturated heterocycles. The number of rotatable bonds is 5. The Kier molecular flexibility index (Phi) is 4.19. The maximum atomic E-state index is 10.9. The largest absolute Gasteiger partial charge is 0.468 e. The molecule has 0 radical (unpaired) electrons. The Hall–Kier alpha value is -1.29. The second-order valence-corrected chi connectivity index (χ2v) is 3.11. The van der Waals surface area contributed by atoms with Gasteiger partial charge in [-0.2, -0.15) is 0 Å². The van der Waals surface area contributed by atoms with Crippen molar-refractivity contribution in [3.63, 3.8) is 0 Å². The van der Waals surface area contributed by atoms with E-state index in [0.29, 0.717) is 13.0 Å². The van der Waals surface area contributed by atoms with Crippen LogP contribution in [-0.2, 0) is 4.79 Å². The van der Waals surface area contributed by atoms with E-state index >= 15 is 0 Å². The summed E-state index contributed by atoms with van der Waals surface area (Å²) >= 11 is 0. The molecular weight excluding hydrogens is 180 g/mol. The van der Waals surface area contributed by atoms with Gasteiger partial charge in [-0.3, -0.25) is 4.79 Å². The van der Waals surface area contributed by atoms with Gasteiger partial charge in [0.2, 0.25) is 5.91 Å². The van der Waals surface area contributed by atoms with Gasteiger partial charge >= 0.3 is 0 Å². The van der Waals surface area contributed by atoms with Crippen molar-refractivity contribution in [2.45, 2.75) is 19.4 Å². The quantitative estimate of drug-likeness (QED) is 0.740. The monoisotopic (exact) mass is 196 g/mol. The summed E-state index contributed by atoms with van der Waals surface area (Å²) in [5, 5.41) is 5.77. The van der Waals surface area contributed by atoms with Crippen molar-refractivity contribution in [1.82, 2.24) is 10.6 Å². The van der Waals surface area contributed by atoms with E-state index in [1.807, 2.05) is 19.1 Å². The Balaban J connectivity index is 2.22. The fourth-order valence-electron chi connectivity index (χ4n) is 1.17. The molecule has 1 atom stereocenters. The Labute approximate surface area is 83.7 Å². The van der Waals surface area contributed by atoms with Crippen LogP contribution in [-0.4, -0.2) is 19.5 Å². The number of amides is 1. The smallest absolute Gasteiger partial charge is 0.221 e. The lowest BCUT2D eigenvalue weighted by atomic mass is 10.2. The minimum absolute atomic E-state index is 0.0455.